The van der Waals surface area contributed by atoms with Gasteiger partial charge in [-0.2, -0.15) is 0 Å². The van der Waals surface area contributed by atoms with Crippen LogP contribution in [0.5, 0.6) is 0 Å². The van der Waals surface area contributed by atoms with Gasteiger partial charge >= 0.3 is 5.97 Å². The maximum absolute atomic E-state index is 12.7. The molecule has 0 fully saturated rings. The molecule has 22 heavy (non-hydrogen) atoms. The predicted octanol–water partition coefficient (Wildman–Crippen LogP) is 2.62. The maximum atomic E-state index is 12.7. The zero-order valence-corrected chi connectivity index (χ0v) is 11.9. The van der Waals surface area contributed by atoms with E-state index in [9.17, 15) is 9.59 Å². The Hall–Kier alpha value is -2.95. The molecule has 0 saturated carbocycles. The fraction of sp³-hybridized carbons (Fsp3) is 0.118. The normalized spacial score (nSPS) is 11.5. The van der Waals surface area contributed by atoms with Crippen molar-refractivity contribution in [3.05, 3.63) is 58.8 Å². The number of imidazole rings is 1. The van der Waals surface area contributed by atoms with Crippen LogP contribution in [-0.4, -0.2) is 22.0 Å². The summed E-state index contributed by atoms with van der Waals surface area (Å²) in [6.07, 6.45) is 1.39. The van der Waals surface area contributed by atoms with Crippen LogP contribution >= 0.6 is 0 Å². The Labute approximate surface area is 125 Å². The summed E-state index contributed by atoms with van der Waals surface area (Å²) >= 11 is 0. The number of pyridine rings is 1. The van der Waals surface area contributed by atoms with Gasteiger partial charge in [0, 0.05) is 16.2 Å². The van der Waals surface area contributed by atoms with Gasteiger partial charge in [0.1, 0.15) is 6.33 Å². The van der Waals surface area contributed by atoms with Gasteiger partial charge in [0.2, 0.25) is 0 Å². The molecule has 0 amide bonds. The fourth-order valence-electron chi connectivity index (χ4n) is 2.95. The minimum atomic E-state index is -0.513. The highest BCUT2D eigenvalue weighted by atomic mass is 16.5. The molecule has 0 aliphatic rings. The van der Waals surface area contributed by atoms with E-state index in [4.69, 9.17) is 4.74 Å². The molecule has 0 saturated heterocycles. The third-order valence-corrected chi connectivity index (χ3v) is 3.85. The first-order valence-corrected chi connectivity index (χ1v) is 7.03. The summed E-state index contributed by atoms with van der Waals surface area (Å²) in [6.45, 7) is 2.00. The number of hydrogen-bond acceptors (Lipinski definition) is 4. The number of fused-ring (bicyclic) bond motifs is 2. The molecule has 2 heterocycles. The topological polar surface area (TPSA) is 60.7 Å². The van der Waals surface area contributed by atoms with Crippen molar-refractivity contribution in [1.29, 1.82) is 0 Å². The molecule has 0 N–H and O–H groups in total. The lowest BCUT2D eigenvalue weighted by atomic mass is 10.0. The van der Waals surface area contributed by atoms with Gasteiger partial charge in [0.25, 0.3) is 5.56 Å². The summed E-state index contributed by atoms with van der Waals surface area (Å²) in [5, 5.41) is 3.26. The van der Waals surface area contributed by atoms with Crippen LogP contribution in [0.15, 0.2) is 47.5 Å². The SMILES string of the molecule is CCOC(=O)c1ncn2c(=O)c3cccc4cccc(c43)c12. The monoisotopic (exact) mass is 292 g/mol. The maximum Gasteiger partial charge on any atom is 0.359 e. The van der Waals surface area contributed by atoms with Crippen LogP contribution in [0.3, 0.4) is 0 Å². The molecule has 4 aromatic rings. The van der Waals surface area contributed by atoms with E-state index in [0.29, 0.717) is 10.9 Å². The van der Waals surface area contributed by atoms with E-state index >= 15 is 0 Å². The molecule has 108 valence electrons. The highest BCUT2D eigenvalue weighted by molar-refractivity contribution is 6.17. The lowest BCUT2D eigenvalue weighted by Crippen LogP contribution is -2.13. The van der Waals surface area contributed by atoms with E-state index in [2.05, 4.69) is 4.98 Å². The first kappa shape index (κ1) is 12.8. The van der Waals surface area contributed by atoms with Crippen molar-refractivity contribution < 1.29 is 9.53 Å². The average molecular weight is 292 g/mol. The number of esters is 1. The van der Waals surface area contributed by atoms with Gasteiger partial charge in [0.05, 0.1) is 12.1 Å². The zero-order chi connectivity index (χ0) is 15.3. The lowest BCUT2D eigenvalue weighted by Gasteiger charge is -2.07. The molecular formula is C17H12N2O3. The molecule has 0 unspecified atom stereocenters. The molecule has 4 rings (SSSR count). The van der Waals surface area contributed by atoms with Crippen molar-refractivity contribution >= 4 is 33.0 Å². The minimum absolute atomic E-state index is 0.178. The number of nitrogens with zero attached hydrogens (tertiary/aromatic N) is 2. The number of benzene rings is 2. The molecule has 2 aromatic heterocycles. The molecule has 0 aliphatic heterocycles. The third-order valence-electron chi connectivity index (χ3n) is 3.85. The summed E-state index contributed by atoms with van der Waals surface area (Å²) in [5.74, 6) is -0.513. The van der Waals surface area contributed by atoms with Crippen molar-refractivity contribution in [3.8, 4) is 0 Å². The van der Waals surface area contributed by atoms with Gasteiger partial charge in [-0.25, -0.2) is 9.78 Å². The Morgan fingerprint density at radius 2 is 1.91 bits per heavy atom. The van der Waals surface area contributed by atoms with Crippen molar-refractivity contribution in [2.24, 2.45) is 0 Å². The fourth-order valence-corrected chi connectivity index (χ4v) is 2.95. The highest BCUT2D eigenvalue weighted by Gasteiger charge is 2.20. The Morgan fingerprint density at radius 3 is 2.64 bits per heavy atom. The molecule has 0 spiro atoms. The summed E-state index contributed by atoms with van der Waals surface area (Å²) in [6, 6.07) is 11.4. The largest absolute Gasteiger partial charge is 0.461 e. The van der Waals surface area contributed by atoms with Crippen molar-refractivity contribution in [3.63, 3.8) is 0 Å². The van der Waals surface area contributed by atoms with Gasteiger partial charge in [-0.1, -0.05) is 30.3 Å². The van der Waals surface area contributed by atoms with E-state index in [-0.39, 0.29) is 17.9 Å². The number of aromatic nitrogens is 2. The molecule has 0 bridgehead atoms. The van der Waals surface area contributed by atoms with Gasteiger partial charge in [0.15, 0.2) is 5.69 Å². The Morgan fingerprint density at radius 1 is 1.18 bits per heavy atom. The van der Waals surface area contributed by atoms with E-state index < -0.39 is 5.97 Å². The van der Waals surface area contributed by atoms with Gasteiger partial charge < -0.3 is 4.74 Å². The second kappa shape index (κ2) is 4.53. The Bertz CT molecular complexity index is 1080. The standard InChI is InChI=1S/C17H12N2O3/c1-2-22-17(21)14-15-11-7-3-5-10-6-4-8-12(13(10)11)16(20)19(15)9-18-14/h3-9H,2H2,1H3. The highest BCUT2D eigenvalue weighted by Crippen LogP contribution is 2.29. The smallest absolute Gasteiger partial charge is 0.359 e. The van der Waals surface area contributed by atoms with Crippen molar-refractivity contribution in [2.45, 2.75) is 6.92 Å². The lowest BCUT2D eigenvalue weighted by molar-refractivity contribution is 0.0522. The summed E-state index contributed by atoms with van der Waals surface area (Å²) in [7, 11) is 0. The minimum Gasteiger partial charge on any atom is -0.461 e. The first-order chi connectivity index (χ1) is 10.7. The number of carbonyl (C=O) groups is 1. The second-order valence-corrected chi connectivity index (χ2v) is 5.05. The number of ether oxygens (including phenoxy) is 1. The van der Waals surface area contributed by atoms with E-state index in [1.807, 2.05) is 30.3 Å². The van der Waals surface area contributed by atoms with E-state index in [1.54, 1.807) is 13.0 Å². The van der Waals surface area contributed by atoms with Gasteiger partial charge in [-0.3, -0.25) is 9.20 Å². The van der Waals surface area contributed by atoms with Crippen LogP contribution in [0.4, 0.5) is 0 Å². The van der Waals surface area contributed by atoms with Gasteiger partial charge in [-0.15, -0.1) is 0 Å². The molecule has 5 nitrogen and oxygen atoms in total. The van der Waals surface area contributed by atoms with Crippen LogP contribution in [0.2, 0.25) is 0 Å². The van der Waals surface area contributed by atoms with E-state index in [1.165, 1.54) is 10.7 Å². The van der Waals surface area contributed by atoms with Crippen LogP contribution in [0.25, 0.3) is 27.1 Å². The van der Waals surface area contributed by atoms with Crippen LogP contribution < -0.4 is 5.56 Å². The quantitative estimate of drug-likeness (QED) is 0.533. The summed E-state index contributed by atoms with van der Waals surface area (Å²) in [5.41, 5.74) is 0.507. The van der Waals surface area contributed by atoms with Crippen molar-refractivity contribution in [2.75, 3.05) is 6.61 Å². The van der Waals surface area contributed by atoms with Crippen molar-refractivity contribution in [1.82, 2.24) is 9.38 Å². The first-order valence-electron chi connectivity index (χ1n) is 7.03. The molecular weight excluding hydrogens is 280 g/mol. The van der Waals surface area contributed by atoms with E-state index in [0.717, 1.165) is 16.2 Å². The number of rotatable bonds is 2. The zero-order valence-electron chi connectivity index (χ0n) is 11.9. The Balaban J connectivity index is 2.25. The predicted molar refractivity (Wildman–Crippen MR) is 83.6 cm³/mol. The third kappa shape index (κ3) is 1.56. The van der Waals surface area contributed by atoms with Gasteiger partial charge in [-0.05, 0) is 18.4 Å². The average Bonchev–Trinajstić information content (AvgIpc) is 2.98. The Kier molecular flexibility index (Phi) is 2.63. The molecule has 0 atom stereocenters. The molecule has 0 aliphatic carbocycles. The molecule has 0 radical (unpaired) electrons. The van der Waals surface area contributed by atoms with Crippen LogP contribution in [0.1, 0.15) is 17.4 Å². The van der Waals surface area contributed by atoms with Crippen LogP contribution in [-0.2, 0) is 4.74 Å². The molecule has 2 aromatic carbocycles. The summed E-state index contributed by atoms with van der Waals surface area (Å²) < 4.78 is 6.47. The molecule has 5 heteroatoms. The second-order valence-electron chi connectivity index (χ2n) is 5.05. The summed E-state index contributed by atoms with van der Waals surface area (Å²) in [4.78, 5) is 28.9. The number of carbonyl (C=O) groups excluding carboxylic acids is 1. The van der Waals surface area contributed by atoms with Crippen LogP contribution in [0, 0.1) is 0 Å². The number of hydrogen-bond donors (Lipinski definition) is 0.